The summed E-state index contributed by atoms with van der Waals surface area (Å²) in [6, 6.07) is 0. The third-order valence-electron chi connectivity index (χ3n) is 1.11. The summed E-state index contributed by atoms with van der Waals surface area (Å²) < 4.78 is 9.88. The van der Waals surface area contributed by atoms with E-state index in [-0.39, 0.29) is 12.9 Å². The maximum atomic E-state index is 8.40. The van der Waals surface area contributed by atoms with Crippen LogP contribution in [0.1, 0.15) is 12.8 Å². The topological polar surface area (TPSA) is 38.7 Å². The van der Waals surface area contributed by atoms with Crippen LogP contribution in [0.15, 0.2) is 12.5 Å². The van der Waals surface area contributed by atoms with E-state index in [0.717, 1.165) is 12.8 Å². The number of aliphatic hydroxyl groups is 1. The molecule has 1 aliphatic heterocycles. The summed E-state index contributed by atoms with van der Waals surface area (Å²) in [5, 5.41) is 8.40. The van der Waals surface area contributed by atoms with Crippen molar-refractivity contribution in [1.29, 1.82) is 0 Å². The molecule has 3 heteroatoms. The molecule has 1 rings (SSSR count). The average Bonchev–Trinajstić information content (AvgIpc) is 2.34. The fourth-order valence-electron chi connectivity index (χ4n) is 0.666. The van der Waals surface area contributed by atoms with Gasteiger partial charge in [0.2, 0.25) is 6.29 Å². The van der Waals surface area contributed by atoms with E-state index < -0.39 is 0 Å². The third kappa shape index (κ3) is 1.93. The van der Waals surface area contributed by atoms with Crippen molar-refractivity contribution in [1.82, 2.24) is 0 Å². The molecule has 3 nitrogen and oxygen atoms in total. The predicted octanol–water partition coefficient (Wildman–Crippen LogP) is 0.603. The van der Waals surface area contributed by atoms with Crippen LogP contribution in [0.3, 0.4) is 0 Å². The van der Waals surface area contributed by atoms with Gasteiger partial charge in [-0.05, 0) is 6.42 Å². The second kappa shape index (κ2) is 3.35. The molecule has 1 aliphatic rings. The molecule has 0 spiro atoms. The van der Waals surface area contributed by atoms with E-state index in [4.69, 9.17) is 14.6 Å². The number of hydrogen-bond acceptors (Lipinski definition) is 3. The van der Waals surface area contributed by atoms with E-state index >= 15 is 0 Å². The van der Waals surface area contributed by atoms with Gasteiger partial charge < -0.3 is 14.6 Å². The molecule has 0 atom stereocenters. The second-order valence-electron chi connectivity index (χ2n) is 1.84. The van der Waals surface area contributed by atoms with Crippen molar-refractivity contribution < 1.29 is 14.6 Å². The van der Waals surface area contributed by atoms with Crippen LogP contribution < -0.4 is 0 Å². The summed E-state index contributed by atoms with van der Waals surface area (Å²) in [7, 11) is 0. The summed E-state index contributed by atoms with van der Waals surface area (Å²) in [6.07, 6.45) is 4.36. The first-order valence-corrected chi connectivity index (χ1v) is 3.00. The van der Waals surface area contributed by atoms with Gasteiger partial charge in [-0.25, -0.2) is 0 Å². The Kier molecular flexibility index (Phi) is 2.39. The number of hydrogen-bond donors (Lipinski definition) is 1. The number of ether oxygens (including phenoxy) is 2. The number of rotatable bonds is 3. The molecule has 1 N–H and O–H groups in total. The van der Waals surface area contributed by atoms with Crippen molar-refractivity contribution in [2.75, 3.05) is 6.61 Å². The summed E-state index contributed by atoms with van der Waals surface area (Å²) in [5.41, 5.74) is 0. The van der Waals surface area contributed by atoms with Crippen molar-refractivity contribution in [2.45, 2.75) is 19.1 Å². The van der Waals surface area contributed by atoms with Gasteiger partial charge in [-0.15, -0.1) is 0 Å². The fraction of sp³-hybridized carbons (Fsp3) is 0.667. The standard InChI is InChI=1S/C6H10O3/c7-3-1-2-6-8-4-5-9-6/h4-7H,1-3H2. The van der Waals surface area contributed by atoms with Crippen LogP contribution in [-0.2, 0) is 9.47 Å². The molecule has 1 heterocycles. The first-order valence-electron chi connectivity index (χ1n) is 3.00. The zero-order valence-corrected chi connectivity index (χ0v) is 5.12. The highest BCUT2D eigenvalue weighted by molar-refractivity contribution is 4.70. The molecule has 0 radical (unpaired) electrons. The van der Waals surface area contributed by atoms with Gasteiger partial charge in [0.05, 0.1) is 0 Å². The first kappa shape index (κ1) is 6.42. The van der Waals surface area contributed by atoms with Gasteiger partial charge in [0.25, 0.3) is 0 Å². The molecule has 0 amide bonds. The minimum Gasteiger partial charge on any atom is -0.459 e. The normalized spacial score (nSPS) is 17.4. The fourth-order valence-corrected chi connectivity index (χ4v) is 0.666. The summed E-state index contributed by atoms with van der Waals surface area (Å²) in [4.78, 5) is 0. The lowest BCUT2D eigenvalue weighted by Gasteiger charge is -2.07. The van der Waals surface area contributed by atoms with Crippen LogP contribution in [0, 0.1) is 0 Å². The molecular weight excluding hydrogens is 120 g/mol. The van der Waals surface area contributed by atoms with Crippen molar-refractivity contribution >= 4 is 0 Å². The van der Waals surface area contributed by atoms with Crippen LogP contribution in [0.25, 0.3) is 0 Å². The smallest absolute Gasteiger partial charge is 0.239 e. The lowest BCUT2D eigenvalue weighted by molar-refractivity contribution is -0.0315. The minimum atomic E-state index is -0.155. The van der Waals surface area contributed by atoms with Gasteiger partial charge in [-0.2, -0.15) is 0 Å². The molecule has 52 valence electrons. The zero-order valence-electron chi connectivity index (χ0n) is 5.12. The lowest BCUT2D eigenvalue weighted by Crippen LogP contribution is -2.07. The van der Waals surface area contributed by atoms with Crippen LogP contribution >= 0.6 is 0 Å². The van der Waals surface area contributed by atoms with Crippen molar-refractivity contribution in [3.8, 4) is 0 Å². The Morgan fingerprint density at radius 1 is 1.33 bits per heavy atom. The first-order chi connectivity index (χ1) is 4.43. The zero-order chi connectivity index (χ0) is 6.53. The highest BCUT2D eigenvalue weighted by Gasteiger charge is 2.09. The Balaban J connectivity index is 2.01. The molecule has 0 saturated heterocycles. The van der Waals surface area contributed by atoms with Crippen LogP contribution in [-0.4, -0.2) is 18.0 Å². The maximum Gasteiger partial charge on any atom is 0.239 e. The number of aliphatic hydroxyl groups excluding tert-OH is 1. The molecule has 0 bridgehead atoms. The van der Waals surface area contributed by atoms with E-state index in [2.05, 4.69) is 0 Å². The van der Waals surface area contributed by atoms with Gasteiger partial charge in [-0.3, -0.25) is 0 Å². The van der Waals surface area contributed by atoms with E-state index in [1.165, 1.54) is 12.5 Å². The van der Waals surface area contributed by atoms with Crippen molar-refractivity contribution in [3.63, 3.8) is 0 Å². The Morgan fingerprint density at radius 3 is 2.56 bits per heavy atom. The highest BCUT2D eigenvalue weighted by atomic mass is 16.7. The highest BCUT2D eigenvalue weighted by Crippen LogP contribution is 2.09. The van der Waals surface area contributed by atoms with Crippen LogP contribution in [0.2, 0.25) is 0 Å². The molecule has 9 heavy (non-hydrogen) atoms. The molecule has 0 fully saturated rings. The molecule has 0 aromatic rings. The Morgan fingerprint density at radius 2 is 2.00 bits per heavy atom. The van der Waals surface area contributed by atoms with Gasteiger partial charge >= 0.3 is 0 Å². The molecule has 0 aliphatic carbocycles. The summed E-state index contributed by atoms with van der Waals surface area (Å²) in [5.74, 6) is 0. The summed E-state index contributed by atoms with van der Waals surface area (Å²) >= 11 is 0. The van der Waals surface area contributed by atoms with E-state index in [1.54, 1.807) is 0 Å². The molecule has 0 aromatic carbocycles. The van der Waals surface area contributed by atoms with Crippen molar-refractivity contribution in [3.05, 3.63) is 12.5 Å². The molecule has 0 aromatic heterocycles. The van der Waals surface area contributed by atoms with Gasteiger partial charge in [0, 0.05) is 13.0 Å². The third-order valence-corrected chi connectivity index (χ3v) is 1.11. The average molecular weight is 130 g/mol. The second-order valence-corrected chi connectivity index (χ2v) is 1.84. The van der Waals surface area contributed by atoms with Crippen molar-refractivity contribution in [2.24, 2.45) is 0 Å². The summed E-state index contributed by atoms with van der Waals surface area (Å²) in [6.45, 7) is 0.198. The maximum absolute atomic E-state index is 8.40. The van der Waals surface area contributed by atoms with E-state index in [0.29, 0.717) is 0 Å². The Labute approximate surface area is 53.9 Å². The van der Waals surface area contributed by atoms with Gasteiger partial charge in [0.15, 0.2) is 0 Å². The lowest BCUT2D eigenvalue weighted by atomic mass is 10.3. The molecular formula is C6H10O3. The van der Waals surface area contributed by atoms with Crippen LogP contribution in [0.4, 0.5) is 0 Å². The Hall–Kier alpha value is -0.700. The largest absolute Gasteiger partial charge is 0.459 e. The van der Waals surface area contributed by atoms with Gasteiger partial charge in [-0.1, -0.05) is 0 Å². The SMILES string of the molecule is OCCCC1OC=CO1. The van der Waals surface area contributed by atoms with Crippen LogP contribution in [0.5, 0.6) is 0 Å². The molecule has 0 unspecified atom stereocenters. The van der Waals surface area contributed by atoms with E-state index in [1.807, 2.05) is 0 Å². The van der Waals surface area contributed by atoms with Gasteiger partial charge in [0.1, 0.15) is 12.5 Å². The minimum absolute atomic E-state index is 0.155. The molecule has 0 saturated carbocycles. The van der Waals surface area contributed by atoms with E-state index in [9.17, 15) is 0 Å². The Bertz CT molecular complexity index is 92.5. The predicted molar refractivity (Wildman–Crippen MR) is 31.4 cm³/mol. The monoisotopic (exact) mass is 130 g/mol. The quantitative estimate of drug-likeness (QED) is 0.608.